The van der Waals surface area contributed by atoms with Gasteiger partial charge >= 0.3 is 0 Å². The Hall–Kier alpha value is -0.570. The Morgan fingerprint density at radius 1 is 1.47 bits per heavy atom. The van der Waals surface area contributed by atoms with E-state index in [1.54, 1.807) is 0 Å². The van der Waals surface area contributed by atoms with Crippen LogP contribution in [-0.2, 0) is 4.79 Å². The smallest absolute Gasteiger partial charge is 0.224 e. The molecule has 1 heterocycles. The van der Waals surface area contributed by atoms with Gasteiger partial charge in [-0.15, -0.1) is 0 Å². The second-order valence-corrected chi connectivity index (χ2v) is 4.68. The van der Waals surface area contributed by atoms with Gasteiger partial charge in [-0.05, 0) is 26.2 Å². The van der Waals surface area contributed by atoms with E-state index in [4.69, 9.17) is 5.73 Å². The van der Waals surface area contributed by atoms with E-state index in [1.165, 1.54) is 19.3 Å². The van der Waals surface area contributed by atoms with E-state index in [2.05, 4.69) is 11.8 Å². The largest absolute Gasteiger partial charge is 0.340 e. The lowest BCUT2D eigenvalue weighted by atomic mass is 10.1. The molecule has 1 aliphatic rings. The summed E-state index contributed by atoms with van der Waals surface area (Å²) in [7, 11) is 0. The average Bonchev–Trinajstić information content (AvgIpc) is 2.40. The van der Waals surface area contributed by atoms with Crippen molar-refractivity contribution < 1.29 is 4.79 Å². The zero-order valence-electron chi connectivity index (χ0n) is 10.0. The van der Waals surface area contributed by atoms with Crippen molar-refractivity contribution in [2.75, 3.05) is 6.54 Å². The molecule has 0 bridgehead atoms. The lowest BCUT2D eigenvalue weighted by Crippen LogP contribution is -2.41. The number of likely N-dealkylation sites (tertiary alicyclic amines) is 1. The molecular weight excluding hydrogens is 188 g/mol. The van der Waals surface area contributed by atoms with Gasteiger partial charge in [0.1, 0.15) is 0 Å². The molecule has 1 saturated heterocycles. The van der Waals surface area contributed by atoms with Crippen molar-refractivity contribution in [2.24, 2.45) is 5.73 Å². The minimum atomic E-state index is -0.0155. The summed E-state index contributed by atoms with van der Waals surface area (Å²) >= 11 is 0. The molecule has 0 aromatic carbocycles. The van der Waals surface area contributed by atoms with Crippen LogP contribution in [0.25, 0.3) is 0 Å². The van der Waals surface area contributed by atoms with Gasteiger partial charge in [0.05, 0.1) is 0 Å². The van der Waals surface area contributed by atoms with Gasteiger partial charge in [-0.2, -0.15) is 0 Å². The first-order chi connectivity index (χ1) is 7.15. The van der Waals surface area contributed by atoms with Crippen LogP contribution < -0.4 is 5.73 Å². The number of nitrogens with zero attached hydrogens (tertiary/aromatic N) is 1. The van der Waals surface area contributed by atoms with E-state index in [0.717, 1.165) is 19.4 Å². The maximum absolute atomic E-state index is 12.0. The second-order valence-electron chi connectivity index (χ2n) is 4.68. The van der Waals surface area contributed by atoms with Crippen molar-refractivity contribution in [3.63, 3.8) is 0 Å². The zero-order chi connectivity index (χ0) is 11.3. The molecule has 3 heteroatoms. The Labute approximate surface area is 93.0 Å². The van der Waals surface area contributed by atoms with E-state index in [9.17, 15) is 4.79 Å². The van der Waals surface area contributed by atoms with Gasteiger partial charge in [0.15, 0.2) is 0 Å². The Kier molecular flexibility index (Phi) is 5.09. The number of nitrogens with two attached hydrogens (primary N) is 1. The van der Waals surface area contributed by atoms with Gasteiger partial charge in [-0.25, -0.2) is 0 Å². The topological polar surface area (TPSA) is 46.3 Å². The van der Waals surface area contributed by atoms with E-state index in [1.807, 2.05) is 6.92 Å². The molecule has 0 saturated carbocycles. The Balaban J connectivity index is 2.57. The van der Waals surface area contributed by atoms with Crippen LogP contribution in [-0.4, -0.2) is 29.4 Å². The lowest BCUT2D eigenvalue weighted by Gasteiger charge is -2.30. The maximum Gasteiger partial charge on any atom is 0.224 e. The summed E-state index contributed by atoms with van der Waals surface area (Å²) in [6, 6.07) is 0.442. The molecule has 1 rings (SSSR count). The van der Waals surface area contributed by atoms with Gasteiger partial charge in [0.2, 0.25) is 5.91 Å². The van der Waals surface area contributed by atoms with Gasteiger partial charge in [0, 0.05) is 25.0 Å². The first kappa shape index (κ1) is 12.5. The fourth-order valence-corrected chi connectivity index (χ4v) is 2.32. The third-order valence-corrected chi connectivity index (χ3v) is 3.17. The van der Waals surface area contributed by atoms with Crippen molar-refractivity contribution >= 4 is 5.91 Å². The van der Waals surface area contributed by atoms with Crippen LogP contribution in [0.1, 0.15) is 52.4 Å². The van der Waals surface area contributed by atoms with Gasteiger partial charge in [-0.1, -0.05) is 19.8 Å². The molecule has 1 fully saturated rings. The molecule has 2 atom stereocenters. The van der Waals surface area contributed by atoms with Crippen LogP contribution in [0.15, 0.2) is 0 Å². The Morgan fingerprint density at radius 2 is 2.20 bits per heavy atom. The molecule has 1 aliphatic heterocycles. The summed E-state index contributed by atoms with van der Waals surface area (Å²) in [6.45, 7) is 5.00. The highest BCUT2D eigenvalue weighted by atomic mass is 16.2. The lowest BCUT2D eigenvalue weighted by molar-refractivity contribution is -0.133. The van der Waals surface area contributed by atoms with Crippen LogP contribution in [0.3, 0.4) is 0 Å². The fourth-order valence-electron chi connectivity index (χ4n) is 2.32. The molecule has 88 valence electrons. The van der Waals surface area contributed by atoms with Crippen LogP contribution in [0.5, 0.6) is 0 Å². The van der Waals surface area contributed by atoms with Crippen molar-refractivity contribution in [3.8, 4) is 0 Å². The predicted octanol–water partition coefficient (Wildman–Crippen LogP) is 1.90. The summed E-state index contributed by atoms with van der Waals surface area (Å²) in [6.07, 6.45) is 6.42. The van der Waals surface area contributed by atoms with Crippen molar-refractivity contribution in [2.45, 2.75) is 64.5 Å². The molecule has 0 aromatic rings. The summed E-state index contributed by atoms with van der Waals surface area (Å²) in [5, 5.41) is 0. The minimum absolute atomic E-state index is 0.0155. The minimum Gasteiger partial charge on any atom is -0.340 e. The normalized spacial score (nSPS) is 24.7. The highest BCUT2D eigenvalue weighted by molar-refractivity contribution is 5.77. The standard InChI is InChI=1S/C12H24N2O/c1-3-11-7-5-4-6-8-14(11)12(15)9-10(2)13/h10-11H,3-9,13H2,1-2H3. The van der Waals surface area contributed by atoms with Gasteiger partial charge in [-0.3, -0.25) is 4.79 Å². The highest BCUT2D eigenvalue weighted by Gasteiger charge is 2.24. The zero-order valence-corrected chi connectivity index (χ0v) is 10.0. The summed E-state index contributed by atoms with van der Waals surface area (Å²) in [5.41, 5.74) is 5.68. The Morgan fingerprint density at radius 3 is 2.80 bits per heavy atom. The Bertz CT molecular complexity index is 204. The molecule has 2 N–H and O–H groups in total. The number of carbonyl (C=O) groups excluding carboxylic acids is 1. The van der Waals surface area contributed by atoms with E-state index < -0.39 is 0 Å². The summed E-state index contributed by atoms with van der Waals surface area (Å²) < 4.78 is 0. The molecule has 0 spiro atoms. The molecular formula is C12H24N2O. The van der Waals surface area contributed by atoms with E-state index >= 15 is 0 Å². The predicted molar refractivity (Wildman–Crippen MR) is 62.5 cm³/mol. The first-order valence-electron chi connectivity index (χ1n) is 6.20. The number of amides is 1. The quantitative estimate of drug-likeness (QED) is 0.776. The molecule has 3 nitrogen and oxygen atoms in total. The second kappa shape index (κ2) is 6.11. The first-order valence-corrected chi connectivity index (χ1v) is 6.20. The number of hydrogen-bond donors (Lipinski definition) is 1. The van der Waals surface area contributed by atoms with Crippen molar-refractivity contribution in [1.82, 2.24) is 4.90 Å². The van der Waals surface area contributed by atoms with Crippen LogP contribution in [0.2, 0.25) is 0 Å². The van der Waals surface area contributed by atoms with Crippen molar-refractivity contribution in [3.05, 3.63) is 0 Å². The molecule has 0 aromatic heterocycles. The molecule has 0 aliphatic carbocycles. The third-order valence-electron chi connectivity index (χ3n) is 3.17. The maximum atomic E-state index is 12.0. The van der Waals surface area contributed by atoms with Gasteiger partial charge < -0.3 is 10.6 Å². The monoisotopic (exact) mass is 212 g/mol. The summed E-state index contributed by atoms with van der Waals surface area (Å²) in [5.74, 6) is 0.249. The van der Waals surface area contributed by atoms with E-state index in [0.29, 0.717) is 12.5 Å². The SMILES string of the molecule is CCC1CCCCCN1C(=O)CC(C)N. The number of rotatable bonds is 3. The number of carbonyl (C=O) groups is 1. The third kappa shape index (κ3) is 3.82. The van der Waals surface area contributed by atoms with Crippen molar-refractivity contribution in [1.29, 1.82) is 0 Å². The van der Waals surface area contributed by atoms with E-state index in [-0.39, 0.29) is 11.9 Å². The van der Waals surface area contributed by atoms with Crippen LogP contribution in [0, 0.1) is 0 Å². The summed E-state index contributed by atoms with van der Waals surface area (Å²) in [4.78, 5) is 14.0. The average molecular weight is 212 g/mol. The van der Waals surface area contributed by atoms with Crippen LogP contribution in [0.4, 0.5) is 0 Å². The highest BCUT2D eigenvalue weighted by Crippen LogP contribution is 2.20. The molecule has 0 radical (unpaired) electrons. The van der Waals surface area contributed by atoms with Gasteiger partial charge in [0.25, 0.3) is 0 Å². The fraction of sp³-hybridized carbons (Fsp3) is 0.917. The van der Waals surface area contributed by atoms with Crippen LogP contribution >= 0.6 is 0 Å². The molecule has 15 heavy (non-hydrogen) atoms. The number of hydrogen-bond acceptors (Lipinski definition) is 2. The molecule has 1 amide bonds. The molecule has 2 unspecified atom stereocenters.